The fourth-order valence-corrected chi connectivity index (χ4v) is 15.1. The van der Waals surface area contributed by atoms with Crippen LogP contribution in [0.1, 0.15) is 256 Å². The number of benzene rings is 5. The van der Waals surface area contributed by atoms with E-state index in [-0.39, 0.29) is 17.5 Å². The number of aryl methyl sites for hydroxylation is 4. The molecule has 6 aromatic heterocycles. The molecule has 0 spiro atoms. The molecule has 120 heavy (non-hydrogen) atoms. The number of ether oxygens (including phenoxy) is 6. The second kappa shape index (κ2) is 47.3. The van der Waals surface area contributed by atoms with E-state index in [1.54, 1.807) is 6.92 Å². The lowest BCUT2D eigenvalue weighted by Crippen LogP contribution is -2.33. The third-order valence-electron chi connectivity index (χ3n) is 21.2. The summed E-state index contributed by atoms with van der Waals surface area (Å²) in [5.41, 5.74) is 33.9. The Bertz CT molecular complexity index is 5210. The number of hydrogen-bond acceptors (Lipinski definition) is 17. The van der Waals surface area contributed by atoms with Crippen molar-refractivity contribution < 1.29 is 42.8 Å². The molecular weight excluding hydrogens is 1500 g/mol. The van der Waals surface area contributed by atoms with E-state index < -0.39 is 0 Å². The van der Waals surface area contributed by atoms with Gasteiger partial charge in [-0.15, -0.1) is 0 Å². The van der Waals surface area contributed by atoms with Gasteiger partial charge in [0.1, 0.15) is 17.1 Å². The van der Waals surface area contributed by atoms with Gasteiger partial charge in [-0.1, -0.05) is 227 Å². The molecule has 1 saturated carbocycles. The first-order valence-electron chi connectivity index (χ1n) is 43.0. The number of nitrogens with one attached hydrogen (secondary N) is 3. The second-order valence-electron chi connectivity index (χ2n) is 29.3. The quantitative estimate of drug-likeness (QED) is 0.0766. The predicted octanol–water partition coefficient (Wildman–Crippen LogP) is 21.5. The number of ketones is 2. The van der Waals surface area contributed by atoms with Gasteiger partial charge >= 0.3 is 0 Å². The molecule has 0 unspecified atom stereocenters. The number of carbonyl (C=O) groups is 3. The summed E-state index contributed by atoms with van der Waals surface area (Å²) in [7, 11) is 0. The van der Waals surface area contributed by atoms with Gasteiger partial charge in [-0.3, -0.25) is 29.3 Å². The number of carbonyl (C=O) groups excluding carboxylic acids is 3. The van der Waals surface area contributed by atoms with Gasteiger partial charge in [-0.25, -0.2) is 15.0 Å². The number of allylic oxidation sites excluding steroid dienone is 1. The molecule has 0 atom stereocenters. The first-order valence-corrected chi connectivity index (χ1v) is 43.0. The minimum atomic E-state index is -0.0419. The average molecular weight is 1620 g/mol. The van der Waals surface area contributed by atoms with Crippen LogP contribution in [0.2, 0.25) is 0 Å². The number of Topliss-reactive ketones (excluding diaryl/α,β-unsaturated/α-hetero) is 2. The van der Waals surface area contributed by atoms with Gasteiger partial charge in [0.05, 0.1) is 108 Å². The molecular formula is C102H121N9O9. The third kappa shape index (κ3) is 24.7. The van der Waals surface area contributed by atoms with Gasteiger partial charge in [-0.05, 0) is 138 Å². The fraction of sp³-hybridized carbons (Fsp3) is 0.363. The zero-order valence-corrected chi connectivity index (χ0v) is 72.9. The molecule has 0 saturated heterocycles. The number of nitrogens with zero attached hydrogens (tertiary/aromatic N) is 6. The van der Waals surface area contributed by atoms with Crippen molar-refractivity contribution in [1.29, 1.82) is 0 Å². The number of rotatable bonds is 16. The van der Waals surface area contributed by atoms with Crippen molar-refractivity contribution in [2.75, 3.05) is 0 Å². The molecule has 12 heterocycles. The van der Waals surface area contributed by atoms with Crippen molar-refractivity contribution in [2.24, 2.45) is 0 Å². The van der Waals surface area contributed by atoms with Crippen molar-refractivity contribution in [2.45, 2.75) is 247 Å². The molecule has 8 aliphatic rings. The number of pyridine rings is 6. The molecule has 628 valence electrons. The monoisotopic (exact) mass is 1620 g/mol. The van der Waals surface area contributed by atoms with Crippen LogP contribution in [0, 0.1) is 20.8 Å². The van der Waals surface area contributed by atoms with Crippen LogP contribution in [-0.4, -0.2) is 53.4 Å². The van der Waals surface area contributed by atoms with Crippen LogP contribution >= 0.6 is 0 Å². The summed E-state index contributed by atoms with van der Waals surface area (Å²) in [5, 5.41) is 10.1. The van der Waals surface area contributed by atoms with Gasteiger partial charge in [0.25, 0.3) is 5.91 Å². The van der Waals surface area contributed by atoms with Crippen LogP contribution in [0.5, 0.6) is 0 Å². The van der Waals surface area contributed by atoms with E-state index in [4.69, 9.17) is 38.4 Å². The molecule has 18 nitrogen and oxygen atoms in total. The first-order chi connectivity index (χ1) is 58.7. The molecule has 11 aromatic rings. The Balaban J connectivity index is 0.000000150. The van der Waals surface area contributed by atoms with Crippen LogP contribution in [0.15, 0.2) is 182 Å². The highest BCUT2D eigenvalue weighted by Crippen LogP contribution is 2.35. The number of amides is 1. The largest absolute Gasteiger partial charge is 0.372 e. The Morgan fingerprint density at radius 1 is 0.358 bits per heavy atom. The van der Waals surface area contributed by atoms with Crippen molar-refractivity contribution in [3.8, 4) is 33.8 Å². The highest BCUT2D eigenvalue weighted by atomic mass is 16.5. The van der Waals surface area contributed by atoms with E-state index in [2.05, 4.69) is 171 Å². The number of hydrogen-bond donors (Lipinski definition) is 3. The molecule has 1 amide bonds. The van der Waals surface area contributed by atoms with Crippen molar-refractivity contribution >= 4 is 23.5 Å². The minimum absolute atomic E-state index is 0.0119. The minimum Gasteiger partial charge on any atom is -0.372 e. The maximum Gasteiger partial charge on any atom is 0.270 e. The lowest BCUT2D eigenvalue weighted by molar-refractivity contribution is 0.0930. The molecule has 19 rings (SSSR count). The summed E-state index contributed by atoms with van der Waals surface area (Å²) in [6, 6.07) is 60.3. The van der Waals surface area contributed by atoms with Crippen molar-refractivity contribution in [1.82, 2.24) is 45.9 Å². The summed E-state index contributed by atoms with van der Waals surface area (Å²) < 4.78 is 32.8. The number of fused-ring (bicyclic) bond motifs is 7. The normalized spacial score (nSPS) is 13.9. The highest BCUT2D eigenvalue weighted by Gasteiger charge is 2.26. The van der Waals surface area contributed by atoms with Gasteiger partial charge < -0.3 is 44.4 Å². The number of aromatic nitrogens is 6. The zero-order valence-electron chi connectivity index (χ0n) is 72.9. The van der Waals surface area contributed by atoms with E-state index in [0.29, 0.717) is 89.2 Å². The lowest BCUT2D eigenvalue weighted by Gasteiger charge is -2.12. The smallest absolute Gasteiger partial charge is 0.270 e. The summed E-state index contributed by atoms with van der Waals surface area (Å²) in [5.74, 6) is -0.0422. The third-order valence-corrected chi connectivity index (χ3v) is 21.2. The summed E-state index contributed by atoms with van der Waals surface area (Å²) in [6.45, 7) is 38.2. The van der Waals surface area contributed by atoms with E-state index in [1.165, 1.54) is 81.0 Å². The van der Waals surface area contributed by atoms with Gasteiger partial charge in [0.15, 0.2) is 11.6 Å². The zero-order chi connectivity index (χ0) is 85.3. The fourth-order valence-electron chi connectivity index (χ4n) is 15.1. The maximum atomic E-state index is 12.1. The predicted molar refractivity (Wildman–Crippen MR) is 478 cm³/mol. The molecule has 0 radical (unpaired) electrons. The highest BCUT2D eigenvalue weighted by molar-refractivity contribution is 5.94. The molecule has 0 bridgehead atoms. The van der Waals surface area contributed by atoms with Crippen LogP contribution in [-0.2, 0) is 147 Å². The van der Waals surface area contributed by atoms with Crippen LogP contribution in [0.4, 0.5) is 0 Å². The van der Waals surface area contributed by atoms with E-state index >= 15 is 0 Å². The average Bonchev–Trinajstić information content (AvgIpc) is 1.58. The standard InChI is InChI=1S/C24H22N2O.C16H18N2O.C15H13NO2.C15H15NO.C14H18N2O2.C10H11NO2.4C2H6/c1-2-5-19(6-3-1)24-23-16-27-15-21(23)12-22(26-24)14-25-13-17-9-10-18-7-4-8-20(18)11-17;1-12-16-11-19-10-14(16)7-15(18-12)9-17-8-13-5-3-2-4-6-13;1-10(17)14-7-12-8-18-9-13(12)15(16-14)11-5-3-2-4-6-11;1-2-13-8-12-9-17-10-14(12)15(16-13)11-6-4-3-5-7-11;1-9-12-8-18-7-10(12)6-13(15-9)14(17)16-11-4-2-3-5-11;1-6-9-5-13-4-8(9)3-10(11-6)7(2)12;4*1-2/h1-6,8-12,25H,7,13-16H2;2-7,17H,8-11H2,1H3;2-7H,8-9H2,1H3;3-8H,2,9-10H2,1H3;6,11H,2-5,7-8H2,1H3,(H,16,17);3H,4-5H2,1-2H3;4*1-2H3. The van der Waals surface area contributed by atoms with Crippen molar-refractivity contribution in [3.05, 3.63) is 322 Å². The van der Waals surface area contributed by atoms with E-state index in [1.807, 2.05) is 136 Å². The van der Waals surface area contributed by atoms with Crippen LogP contribution in [0.25, 0.3) is 39.8 Å². The summed E-state index contributed by atoms with van der Waals surface area (Å²) in [4.78, 5) is 62.2. The molecule has 1 fully saturated rings. The molecule has 5 aromatic carbocycles. The Morgan fingerprint density at radius 2 is 0.717 bits per heavy atom. The molecule has 3 N–H and O–H groups in total. The van der Waals surface area contributed by atoms with Crippen molar-refractivity contribution in [3.63, 3.8) is 0 Å². The Labute approximate surface area is 711 Å². The van der Waals surface area contributed by atoms with Gasteiger partial charge in [0, 0.05) is 119 Å². The van der Waals surface area contributed by atoms with Gasteiger partial charge in [-0.2, -0.15) is 0 Å². The first kappa shape index (κ1) is 91.5. The molecule has 2 aliphatic carbocycles. The maximum absolute atomic E-state index is 12.1. The Kier molecular flexibility index (Phi) is 36.1. The summed E-state index contributed by atoms with van der Waals surface area (Å²) >= 11 is 0. The second-order valence-corrected chi connectivity index (χ2v) is 29.3. The van der Waals surface area contributed by atoms with E-state index in [0.717, 1.165) is 161 Å². The van der Waals surface area contributed by atoms with Crippen LogP contribution in [0.3, 0.4) is 0 Å². The SMILES string of the molecule is C1=Cc2cc(CNCc3cc4c(c(-c5ccccc5)n3)COC4)ccc2C1.CC.CC.CC.CC.CC(=O)c1cc2c(c(-c3ccccc3)n1)COC2.CC(=O)c1cc2c(c(C)n1)COC2.CCc1cc2c(c(-c3ccccc3)n1)COC2.Cc1nc(C(=O)NC2CCCC2)cc2c1COC2.Cc1nc(CNCc2ccccc2)cc2c1COC2. The Morgan fingerprint density at radius 3 is 1.18 bits per heavy atom. The topological polar surface area (TPSA) is 220 Å². The van der Waals surface area contributed by atoms with Crippen LogP contribution < -0.4 is 16.0 Å². The van der Waals surface area contributed by atoms with Gasteiger partial charge in [0.2, 0.25) is 0 Å². The lowest BCUT2D eigenvalue weighted by atomic mass is 10.0. The summed E-state index contributed by atoms with van der Waals surface area (Å²) in [6.07, 6.45) is 11.1. The molecule has 6 aliphatic heterocycles. The molecule has 18 heteroatoms. The van der Waals surface area contributed by atoms with E-state index in [9.17, 15) is 14.4 Å². The Hall–Kier alpha value is -10.8.